The first-order chi connectivity index (χ1) is 15.3. The summed E-state index contributed by atoms with van der Waals surface area (Å²) >= 11 is 2.88. The molecule has 2 aromatic rings. The fourth-order valence-electron chi connectivity index (χ4n) is 6.82. The van der Waals surface area contributed by atoms with Crippen molar-refractivity contribution in [3.05, 3.63) is 49.9 Å². The van der Waals surface area contributed by atoms with Gasteiger partial charge in [-0.25, -0.2) is 4.79 Å². The second-order valence-electron chi connectivity index (χ2n) is 9.38. The third-order valence-electron chi connectivity index (χ3n) is 8.03. The van der Waals surface area contributed by atoms with E-state index in [2.05, 4.69) is 24.0 Å². The molecule has 6 rings (SSSR count). The molecule has 2 saturated carbocycles. The topological polar surface area (TPSA) is 108 Å². The molecule has 4 aliphatic rings. The van der Waals surface area contributed by atoms with Crippen molar-refractivity contribution in [1.29, 1.82) is 0 Å². The number of amides is 2. The lowest BCUT2D eigenvalue weighted by Gasteiger charge is -2.43. The summed E-state index contributed by atoms with van der Waals surface area (Å²) in [5.74, 6) is -2.61. The first kappa shape index (κ1) is 20.2. The van der Waals surface area contributed by atoms with E-state index >= 15 is 0 Å². The van der Waals surface area contributed by atoms with Crippen molar-refractivity contribution in [1.82, 2.24) is 9.88 Å². The number of fused-ring (bicyclic) bond motifs is 9. The number of aryl methyl sites for hydroxylation is 1. The van der Waals surface area contributed by atoms with Gasteiger partial charge in [0.2, 0.25) is 11.8 Å². The summed E-state index contributed by atoms with van der Waals surface area (Å²) in [6, 6.07) is 7.02. The van der Waals surface area contributed by atoms with Gasteiger partial charge in [0.15, 0.2) is 0 Å². The number of hydrogen-bond donors (Lipinski definition) is 2. The van der Waals surface area contributed by atoms with Crippen molar-refractivity contribution < 1.29 is 19.5 Å². The van der Waals surface area contributed by atoms with Crippen molar-refractivity contribution in [3.63, 3.8) is 0 Å². The molecular formula is C23H22N2O5S2. The lowest BCUT2D eigenvalue weighted by atomic mass is 9.67. The third-order valence-corrected chi connectivity index (χ3v) is 10.6. The van der Waals surface area contributed by atoms with Crippen LogP contribution in [0.4, 0.5) is 0 Å². The van der Waals surface area contributed by atoms with Gasteiger partial charge in [0.25, 0.3) is 0 Å². The van der Waals surface area contributed by atoms with Crippen LogP contribution in [0.5, 0.6) is 0 Å². The molecular weight excluding hydrogens is 448 g/mol. The molecule has 1 saturated heterocycles. The highest BCUT2D eigenvalue weighted by molar-refractivity contribution is 8.00. The Kier molecular flexibility index (Phi) is 4.30. The number of thiazole rings is 1. The van der Waals surface area contributed by atoms with Crippen LogP contribution in [0.1, 0.15) is 35.3 Å². The summed E-state index contributed by atoms with van der Waals surface area (Å²) in [5, 5.41) is 10.4. The number of aromatic amines is 1. The zero-order chi connectivity index (χ0) is 22.5. The normalized spacial score (nSPS) is 35.6. The molecule has 2 aliphatic heterocycles. The van der Waals surface area contributed by atoms with Crippen LogP contribution < -0.4 is 4.87 Å². The summed E-state index contributed by atoms with van der Waals surface area (Å²) < 4.78 is 0. The zero-order valence-corrected chi connectivity index (χ0v) is 19.1. The van der Waals surface area contributed by atoms with E-state index < -0.39 is 23.8 Å². The van der Waals surface area contributed by atoms with E-state index in [0.717, 1.165) is 32.4 Å². The SMILES string of the molecule is Cc1ccccc1[C@H]1c2sc(=O)[nH]c2S[C@@H]2[C@@H]3C[C@@H]([C@H]4C(=O)N([C@@H](C)C(=O)O)C(=O)[C@H]34)[C@@H]12. The number of rotatable bonds is 3. The molecule has 0 spiro atoms. The third kappa shape index (κ3) is 2.49. The van der Waals surface area contributed by atoms with Crippen molar-refractivity contribution in [2.45, 2.75) is 42.5 Å². The standard InChI is InChI=1S/C23H22N2O5S2/c1-8-5-3-4-6-10(8)13-14-11-7-12(17(14)31-19-18(13)32-23(30)24-19)16-15(11)20(26)25(21(16)27)9(2)22(28)29/h3-6,9,11-17H,7H2,1-2H3,(H,24,30)(H,28,29)/t9-,11+,12+,13+,14-,15+,16+,17+/m0/s1. The number of imide groups is 1. The van der Waals surface area contributed by atoms with E-state index in [1.807, 2.05) is 12.1 Å². The summed E-state index contributed by atoms with van der Waals surface area (Å²) in [5.41, 5.74) is 2.31. The number of aromatic nitrogens is 1. The van der Waals surface area contributed by atoms with E-state index in [4.69, 9.17) is 0 Å². The lowest BCUT2D eigenvalue weighted by molar-refractivity contribution is -0.154. The number of H-pyrrole nitrogens is 1. The number of carbonyl (C=O) groups is 3. The molecule has 2 bridgehead atoms. The highest BCUT2D eigenvalue weighted by atomic mass is 32.2. The van der Waals surface area contributed by atoms with Gasteiger partial charge in [-0.15, -0.1) is 11.8 Å². The van der Waals surface area contributed by atoms with Crippen LogP contribution in [0.2, 0.25) is 0 Å². The zero-order valence-electron chi connectivity index (χ0n) is 17.5. The molecule has 1 aromatic carbocycles. The van der Waals surface area contributed by atoms with Crippen LogP contribution in [0.25, 0.3) is 0 Å². The number of benzene rings is 1. The van der Waals surface area contributed by atoms with Crippen LogP contribution in [-0.4, -0.2) is 44.1 Å². The maximum Gasteiger partial charge on any atom is 0.326 e. The number of nitrogens with zero attached hydrogens (tertiary/aromatic N) is 1. The van der Waals surface area contributed by atoms with Crippen LogP contribution in [0, 0.1) is 36.5 Å². The Bertz CT molecular complexity index is 1230. The van der Waals surface area contributed by atoms with Crippen molar-refractivity contribution >= 4 is 40.9 Å². The van der Waals surface area contributed by atoms with Crippen LogP contribution in [-0.2, 0) is 14.4 Å². The van der Waals surface area contributed by atoms with E-state index in [0.29, 0.717) is 0 Å². The monoisotopic (exact) mass is 470 g/mol. The number of hydrogen-bond acceptors (Lipinski definition) is 6. The van der Waals surface area contributed by atoms with Gasteiger partial charge in [0.1, 0.15) is 6.04 Å². The molecule has 8 atom stereocenters. The van der Waals surface area contributed by atoms with Crippen LogP contribution in [0.15, 0.2) is 34.1 Å². The summed E-state index contributed by atoms with van der Waals surface area (Å²) in [6.45, 7) is 3.47. The fourth-order valence-corrected chi connectivity index (χ4v) is 9.70. The van der Waals surface area contributed by atoms with Gasteiger partial charge < -0.3 is 10.1 Å². The Balaban J connectivity index is 1.47. The van der Waals surface area contributed by atoms with E-state index in [1.165, 1.54) is 18.3 Å². The highest BCUT2D eigenvalue weighted by Crippen LogP contribution is 2.68. The highest BCUT2D eigenvalue weighted by Gasteiger charge is 2.70. The summed E-state index contributed by atoms with van der Waals surface area (Å²) in [4.78, 5) is 55.4. The quantitative estimate of drug-likeness (QED) is 0.668. The number of carboxylic acid groups (broad SMARTS) is 1. The van der Waals surface area contributed by atoms with Gasteiger partial charge in [-0.05, 0) is 49.1 Å². The minimum Gasteiger partial charge on any atom is -0.480 e. The van der Waals surface area contributed by atoms with Gasteiger partial charge in [-0.3, -0.25) is 19.3 Å². The Morgan fingerprint density at radius 1 is 1.16 bits per heavy atom. The Morgan fingerprint density at radius 2 is 1.84 bits per heavy atom. The molecule has 3 heterocycles. The average Bonchev–Trinajstić information content (AvgIpc) is 3.47. The van der Waals surface area contributed by atoms with Crippen LogP contribution in [0.3, 0.4) is 0 Å². The van der Waals surface area contributed by atoms with E-state index in [-0.39, 0.29) is 45.6 Å². The second kappa shape index (κ2) is 6.81. The molecule has 32 heavy (non-hydrogen) atoms. The molecule has 1 aromatic heterocycles. The van der Waals surface area contributed by atoms with Gasteiger partial charge in [-0.2, -0.15) is 0 Å². The first-order valence-electron chi connectivity index (χ1n) is 10.8. The molecule has 2 aliphatic carbocycles. The van der Waals surface area contributed by atoms with Crippen molar-refractivity contribution in [3.8, 4) is 0 Å². The van der Waals surface area contributed by atoms with Gasteiger partial charge in [0, 0.05) is 16.0 Å². The molecule has 166 valence electrons. The molecule has 3 fully saturated rings. The maximum absolute atomic E-state index is 13.3. The Hall–Kier alpha value is -2.39. The molecule has 7 nitrogen and oxygen atoms in total. The molecule has 2 amide bonds. The van der Waals surface area contributed by atoms with Gasteiger partial charge in [-0.1, -0.05) is 35.6 Å². The summed E-state index contributed by atoms with van der Waals surface area (Å²) in [7, 11) is 0. The number of thioether (sulfide) groups is 1. The molecule has 2 N–H and O–H groups in total. The average molecular weight is 471 g/mol. The summed E-state index contributed by atoms with van der Waals surface area (Å²) in [6.07, 6.45) is 0.798. The smallest absolute Gasteiger partial charge is 0.326 e. The van der Waals surface area contributed by atoms with Crippen molar-refractivity contribution in [2.75, 3.05) is 0 Å². The molecule has 9 heteroatoms. The van der Waals surface area contributed by atoms with Crippen molar-refractivity contribution in [2.24, 2.45) is 29.6 Å². The largest absolute Gasteiger partial charge is 0.480 e. The minimum absolute atomic E-state index is 0.0000898. The van der Waals surface area contributed by atoms with Gasteiger partial charge >= 0.3 is 10.8 Å². The maximum atomic E-state index is 13.3. The number of aliphatic carboxylic acids is 1. The van der Waals surface area contributed by atoms with Crippen LogP contribution >= 0.6 is 23.1 Å². The predicted molar refractivity (Wildman–Crippen MR) is 119 cm³/mol. The van der Waals surface area contributed by atoms with E-state index in [1.54, 1.807) is 11.8 Å². The second-order valence-corrected chi connectivity index (χ2v) is 11.6. The Morgan fingerprint density at radius 3 is 2.53 bits per heavy atom. The Labute approximate surface area is 192 Å². The number of carboxylic acids is 1. The predicted octanol–water partition coefficient (Wildman–Crippen LogP) is 2.69. The first-order valence-corrected chi connectivity index (χ1v) is 12.5. The lowest BCUT2D eigenvalue weighted by Crippen LogP contribution is -2.44. The van der Waals surface area contributed by atoms with Gasteiger partial charge in [0.05, 0.1) is 16.9 Å². The minimum atomic E-state index is -1.16. The number of carbonyl (C=O) groups excluding carboxylic acids is 2. The number of nitrogens with one attached hydrogen (secondary N) is 1. The number of likely N-dealkylation sites (tertiary alicyclic amines) is 1. The van der Waals surface area contributed by atoms with E-state index in [9.17, 15) is 24.3 Å². The molecule has 0 unspecified atom stereocenters. The molecule has 0 radical (unpaired) electrons. The fraction of sp³-hybridized carbons (Fsp3) is 0.478.